The maximum absolute atomic E-state index is 6.31. The summed E-state index contributed by atoms with van der Waals surface area (Å²) in [7, 11) is 0. The second kappa shape index (κ2) is 10.5. The lowest BCUT2D eigenvalue weighted by Crippen LogP contribution is -1.99. The van der Waals surface area contributed by atoms with Gasteiger partial charge in [-0.2, -0.15) is 0 Å². The maximum Gasteiger partial charge on any atom is 0.136 e. The molecule has 2 aromatic heterocycles. The molecular formula is C39H25N3O. The molecule has 0 aliphatic heterocycles. The van der Waals surface area contributed by atoms with E-state index >= 15 is 0 Å². The van der Waals surface area contributed by atoms with Crippen molar-refractivity contribution in [1.29, 1.82) is 0 Å². The summed E-state index contributed by atoms with van der Waals surface area (Å²) >= 11 is 0. The zero-order valence-corrected chi connectivity index (χ0v) is 23.2. The highest BCUT2D eigenvalue weighted by Gasteiger charge is 2.24. The molecule has 0 fully saturated rings. The Bertz CT molecular complexity index is 2220. The summed E-state index contributed by atoms with van der Waals surface area (Å²) in [6, 6.07) is 50.6. The van der Waals surface area contributed by atoms with Crippen molar-refractivity contribution in [2.45, 2.75) is 0 Å². The summed E-state index contributed by atoms with van der Waals surface area (Å²) in [4.78, 5) is 0. The Balaban J connectivity index is 1.54. The van der Waals surface area contributed by atoms with Gasteiger partial charge in [-0.1, -0.05) is 127 Å². The normalized spacial score (nSPS) is 11.3. The van der Waals surface area contributed by atoms with Crippen LogP contribution in [0.4, 0.5) is 0 Å². The molecular weight excluding hydrogens is 526 g/mol. The molecule has 6 aromatic carbocycles. The summed E-state index contributed by atoms with van der Waals surface area (Å²) < 4.78 is 6.31. The summed E-state index contributed by atoms with van der Waals surface area (Å²) in [6.07, 6.45) is 1.71. The molecule has 8 rings (SSSR count). The van der Waals surface area contributed by atoms with E-state index in [1.54, 1.807) is 6.20 Å². The van der Waals surface area contributed by atoms with E-state index < -0.39 is 0 Å². The molecule has 4 heteroatoms. The van der Waals surface area contributed by atoms with Crippen LogP contribution in [0.25, 0.3) is 77.7 Å². The van der Waals surface area contributed by atoms with Crippen molar-refractivity contribution < 1.29 is 4.42 Å². The summed E-state index contributed by atoms with van der Waals surface area (Å²) in [6.45, 7) is 0. The lowest BCUT2D eigenvalue weighted by Gasteiger charge is -2.22. The minimum atomic E-state index is 0.755. The van der Waals surface area contributed by atoms with Crippen molar-refractivity contribution in [3.63, 3.8) is 0 Å². The van der Waals surface area contributed by atoms with E-state index in [0.717, 1.165) is 77.7 Å². The van der Waals surface area contributed by atoms with Crippen LogP contribution in [0.5, 0.6) is 0 Å². The van der Waals surface area contributed by atoms with Crippen molar-refractivity contribution >= 4 is 21.9 Å². The van der Waals surface area contributed by atoms with Crippen molar-refractivity contribution in [2.75, 3.05) is 0 Å². The molecule has 0 radical (unpaired) electrons. The first-order chi connectivity index (χ1) is 21.4. The molecule has 0 spiro atoms. The Morgan fingerprint density at radius 3 is 1.81 bits per heavy atom. The largest absolute Gasteiger partial charge is 0.456 e. The van der Waals surface area contributed by atoms with Gasteiger partial charge in [-0.25, -0.2) is 0 Å². The number of rotatable bonds is 5. The first kappa shape index (κ1) is 24.9. The van der Waals surface area contributed by atoms with Crippen LogP contribution in [-0.4, -0.2) is 15.4 Å². The smallest absolute Gasteiger partial charge is 0.136 e. The van der Waals surface area contributed by atoms with E-state index in [1.807, 2.05) is 24.3 Å². The Morgan fingerprint density at radius 2 is 1.05 bits per heavy atom. The van der Waals surface area contributed by atoms with E-state index in [1.165, 1.54) is 0 Å². The molecule has 0 saturated heterocycles. The maximum atomic E-state index is 6.31. The highest BCUT2D eigenvalue weighted by molar-refractivity contribution is 6.15. The number of benzene rings is 6. The van der Waals surface area contributed by atoms with Gasteiger partial charge in [0.1, 0.15) is 11.2 Å². The van der Waals surface area contributed by atoms with Gasteiger partial charge in [-0.3, -0.25) is 0 Å². The number of fused-ring (bicyclic) bond motifs is 3. The molecule has 0 bridgehead atoms. The third-order valence-electron chi connectivity index (χ3n) is 8.02. The van der Waals surface area contributed by atoms with Gasteiger partial charge in [0.25, 0.3) is 0 Å². The third-order valence-corrected chi connectivity index (χ3v) is 8.02. The second-order valence-electron chi connectivity index (χ2n) is 10.5. The zero-order valence-electron chi connectivity index (χ0n) is 23.2. The van der Waals surface area contributed by atoms with Gasteiger partial charge in [0.15, 0.2) is 0 Å². The van der Waals surface area contributed by atoms with Crippen molar-refractivity contribution in [1.82, 2.24) is 15.4 Å². The lowest BCUT2D eigenvalue weighted by atomic mass is 9.81. The van der Waals surface area contributed by atoms with Gasteiger partial charge in [0.05, 0.1) is 11.9 Å². The number of hydrogen-bond donors (Lipinski definition) is 0. The fourth-order valence-corrected chi connectivity index (χ4v) is 6.18. The molecule has 0 atom stereocenters. The van der Waals surface area contributed by atoms with Crippen molar-refractivity contribution in [3.8, 4) is 55.8 Å². The Hall–Kier alpha value is -5.87. The molecule has 0 saturated carbocycles. The Kier molecular flexibility index (Phi) is 6.08. The Morgan fingerprint density at radius 1 is 0.419 bits per heavy atom. The van der Waals surface area contributed by atoms with Crippen LogP contribution in [0, 0.1) is 0 Å². The van der Waals surface area contributed by atoms with E-state index in [4.69, 9.17) is 4.42 Å². The van der Waals surface area contributed by atoms with E-state index in [9.17, 15) is 0 Å². The average molecular weight is 552 g/mol. The van der Waals surface area contributed by atoms with Crippen LogP contribution in [0.3, 0.4) is 0 Å². The van der Waals surface area contributed by atoms with Crippen LogP contribution >= 0.6 is 0 Å². The second-order valence-corrected chi connectivity index (χ2v) is 10.5. The molecule has 0 aliphatic rings. The number of hydrogen-bond acceptors (Lipinski definition) is 4. The summed E-state index contributed by atoms with van der Waals surface area (Å²) in [5.74, 6) is 0. The summed E-state index contributed by atoms with van der Waals surface area (Å²) in [5, 5.41) is 14.9. The molecule has 0 N–H and O–H groups in total. The van der Waals surface area contributed by atoms with E-state index in [2.05, 4.69) is 137 Å². The lowest BCUT2D eigenvalue weighted by molar-refractivity contribution is 0.669. The van der Waals surface area contributed by atoms with Gasteiger partial charge in [-0.15, -0.1) is 10.2 Å². The monoisotopic (exact) mass is 551 g/mol. The van der Waals surface area contributed by atoms with E-state index in [0.29, 0.717) is 0 Å². The minimum absolute atomic E-state index is 0.755. The standard InChI is InChI=1S/C39H25N3O/c1-3-12-26(13-4-1)28-16-7-8-17-30(28)38-29(27-14-5-2-6-15-27)22-23-32(39(38)34-24-25-40-42-41-34)31-19-11-21-36-37(31)33-18-9-10-20-35(33)43-36/h1-25H. The van der Waals surface area contributed by atoms with Crippen molar-refractivity contribution in [3.05, 3.63) is 152 Å². The van der Waals surface area contributed by atoms with Crippen LogP contribution < -0.4 is 0 Å². The zero-order chi connectivity index (χ0) is 28.6. The van der Waals surface area contributed by atoms with Crippen molar-refractivity contribution in [2.24, 2.45) is 0 Å². The highest BCUT2D eigenvalue weighted by Crippen LogP contribution is 2.49. The van der Waals surface area contributed by atoms with Gasteiger partial charge >= 0.3 is 0 Å². The van der Waals surface area contributed by atoms with E-state index in [-0.39, 0.29) is 0 Å². The predicted molar refractivity (Wildman–Crippen MR) is 174 cm³/mol. The topological polar surface area (TPSA) is 51.8 Å². The molecule has 2 heterocycles. The molecule has 43 heavy (non-hydrogen) atoms. The molecule has 0 aliphatic carbocycles. The average Bonchev–Trinajstić information content (AvgIpc) is 3.48. The number of nitrogens with zero attached hydrogens (tertiary/aromatic N) is 3. The SMILES string of the molecule is c1ccc(-c2ccccc2-c2c(-c3ccccc3)ccc(-c3cccc4oc5ccccc5c34)c2-c2ccnnn2)cc1. The first-order valence-electron chi connectivity index (χ1n) is 14.3. The van der Waals surface area contributed by atoms with Crippen LogP contribution in [-0.2, 0) is 0 Å². The number of para-hydroxylation sites is 1. The van der Waals surface area contributed by atoms with Gasteiger partial charge in [0, 0.05) is 21.9 Å². The predicted octanol–water partition coefficient (Wildman–Crippen LogP) is 10.1. The molecule has 4 nitrogen and oxygen atoms in total. The van der Waals surface area contributed by atoms with Gasteiger partial charge in [0.2, 0.25) is 0 Å². The van der Waals surface area contributed by atoms with Crippen LogP contribution in [0.1, 0.15) is 0 Å². The third kappa shape index (κ3) is 4.28. The van der Waals surface area contributed by atoms with Crippen LogP contribution in [0.2, 0.25) is 0 Å². The fourth-order valence-electron chi connectivity index (χ4n) is 6.18. The Labute approximate surface area is 248 Å². The molecule has 0 unspecified atom stereocenters. The summed E-state index contributed by atoms with van der Waals surface area (Å²) in [5.41, 5.74) is 12.3. The van der Waals surface area contributed by atoms with Gasteiger partial charge in [-0.05, 0) is 62.4 Å². The number of aromatic nitrogens is 3. The first-order valence-corrected chi connectivity index (χ1v) is 14.3. The fraction of sp³-hybridized carbons (Fsp3) is 0. The quantitative estimate of drug-likeness (QED) is 0.214. The highest BCUT2D eigenvalue weighted by atomic mass is 16.3. The number of furan rings is 1. The molecule has 202 valence electrons. The van der Waals surface area contributed by atoms with Gasteiger partial charge < -0.3 is 4.42 Å². The minimum Gasteiger partial charge on any atom is -0.456 e. The van der Waals surface area contributed by atoms with Crippen LogP contribution in [0.15, 0.2) is 156 Å². The molecule has 0 amide bonds. The molecule has 8 aromatic rings.